The number of hydrogen-bond acceptors (Lipinski definition) is 5. The Morgan fingerprint density at radius 3 is 2.65 bits per heavy atom. The number of hydrogen-bond donors (Lipinski definition) is 1. The summed E-state index contributed by atoms with van der Waals surface area (Å²) in [6, 6.07) is 15.8. The Balaban J connectivity index is 2.07. The molecule has 0 bridgehead atoms. The molecule has 0 saturated heterocycles. The van der Waals surface area contributed by atoms with Crippen LogP contribution in [0, 0.1) is 6.92 Å². The lowest BCUT2D eigenvalue weighted by Crippen LogP contribution is -2.20. The van der Waals surface area contributed by atoms with E-state index < -0.39 is 0 Å². The number of carbonyl (C=O) groups excluding carboxylic acids is 1. The molecule has 3 rings (SSSR count). The minimum absolute atomic E-state index is 0.0589. The van der Waals surface area contributed by atoms with Crippen LogP contribution in [0.2, 0.25) is 0 Å². The van der Waals surface area contributed by atoms with E-state index in [0.717, 1.165) is 17.0 Å². The monoisotopic (exact) mass is 368 g/mol. The second-order valence-electron chi connectivity index (χ2n) is 5.67. The maximum Gasteiger partial charge on any atom is 0.230 e. The van der Waals surface area contributed by atoms with Crippen molar-refractivity contribution in [3.05, 3.63) is 54.1 Å². The number of benzene rings is 2. The highest BCUT2D eigenvalue weighted by Gasteiger charge is 2.17. The molecule has 0 aliphatic carbocycles. The summed E-state index contributed by atoms with van der Waals surface area (Å²) in [7, 11) is 3.25. The standard InChI is InChI=1S/C19H20N4O2S/c1-13-7-9-15(10-8-13)23-18(14-5-4-6-16(11-14)25-3)21-22-19(23)26-12-17(24)20-2/h4-11H,12H2,1-3H3,(H,20,24). The van der Waals surface area contributed by atoms with Gasteiger partial charge in [-0.15, -0.1) is 10.2 Å². The van der Waals surface area contributed by atoms with Gasteiger partial charge >= 0.3 is 0 Å². The molecule has 0 aliphatic rings. The summed E-state index contributed by atoms with van der Waals surface area (Å²) in [5, 5.41) is 12.0. The van der Waals surface area contributed by atoms with E-state index in [-0.39, 0.29) is 11.7 Å². The van der Waals surface area contributed by atoms with Gasteiger partial charge in [-0.25, -0.2) is 0 Å². The number of nitrogens with one attached hydrogen (secondary N) is 1. The minimum Gasteiger partial charge on any atom is -0.497 e. The van der Waals surface area contributed by atoms with Gasteiger partial charge in [0.2, 0.25) is 5.91 Å². The normalized spacial score (nSPS) is 10.6. The van der Waals surface area contributed by atoms with E-state index in [0.29, 0.717) is 11.0 Å². The first-order valence-electron chi connectivity index (χ1n) is 8.12. The van der Waals surface area contributed by atoms with Gasteiger partial charge in [-0.3, -0.25) is 9.36 Å². The van der Waals surface area contributed by atoms with Gasteiger partial charge in [-0.2, -0.15) is 0 Å². The Bertz CT molecular complexity index is 906. The molecule has 0 atom stereocenters. The van der Waals surface area contributed by atoms with Gasteiger partial charge in [-0.05, 0) is 31.2 Å². The first-order chi connectivity index (χ1) is 12.6. The number of methoxy groups -OCH3 is 1. The van der Waals surface area contributed by atoms with E-state index in [1.54, 1.807) is 14.2 Å². The molecule has 0 fully saturated rings. The molecule has 0 radical (unpaired) electrons. The van der Waals surface area contributed by atoms with Crippen molar-refractivity contribution in [2.45, 2.75) is 12.1 Å². The maximum absolute atomic E-state index is 11.6. The molecule has 3 aromatic rings. The van der Waals surface area contributed by atoms with Crippen LogP contribution in [-0.4, -0.2) is 40.6 Å². The summed E-state index contributed by atoms with van der Waals surface area (Å²) in [4.78, 5) is 11.6. The quantitative estimate of drug-likeness (QED) is 0.677. The largest absolute Gasteiger partial charge is 0.497 e. The number of amides is 1. The van der Waals surface area contributed by atoms with E-state index in [9.17, 15) is 4.79 Å². The lowest BCUT2D eigenvalue weighted by Gasteiger charge is -2.11. The average molecular weight is 368 g/mol. The second kappa shape index (κ2) is 8.05. The lowest BCUT2D eigenvalue weighted by atomic mass is 10.2. The maximum atomic E-state index is 11.6. The second-order valence-corrected chi connectivity index (χ2v) is 6.61. The van der Waals surface area contributed by atoms with Gasteiger partial charge in [-0.1, -0.05) is 41.6 Å². The SMILES string of the molecule is CNC(=O)CSc1nnc(-c2cccc(OC)c2)n1-c1ccc(C)cc1. The highest BCUT2D eigenvalue weighted by atomic mass is 32.2. The molecule has 0 spiro atoms. The van der Waals surface area contributed by atoms with Crippen LogP contribution < -0.4 is 10.1 Å². The Morgan fingerprint density at radius 1 is 1.19 bits per heavy atom. The Labute approximate surface area is 156 Å². The third-order valence-electron chi connectivity index (χ3n) is 3.86. The summed E-state index contributed by atoms with van der Waals surface area (Å²) in [6.45, 7) is 2.04. The summed E-state index contributed by atoms with van der Waals surface area (Å²) in [5.74, 6) is 1.67. The molecule has 1 aromatic heterocycles. The van der Waals surface area contributed by atoms with Gasteiger partial charge < -0.3 is 10.1 Å². The molecule has 1 amide bonds. The van der Waals surface area contributed by atoms with E-state index in [2.05, 4.69) is 15.5 Å². The first-order valence-corrected chi connectivity index (χ1v) is 9.11. The van der Waals surface area contributed by atoms with Gasteiger partial charge in [0.05, 0.1) is 12.9 Å². The smallest absolute Gasteiger partial charge is 0.230 e. The van der Waals surface area contributed by atoms with E-state index >= 15 is 0 Å². The molecular formula is C19H20N4O2S. The van der Waals surface area contributed by atoms with Gasteiger partial charge in [0, 0.05) is 18.3 Å². The van der Waals surface area contributed by atoms with Crippen LogP contribution in [0.5, 0.6) is 5.75 Å². The molecule has 134 valence electrons. The zero-order valence-corrected chi connectivity index (χ0v) is 15.7. The van der Waals surface area contributed by atoms with E-state index in [4.69, 9.17) is 4.74 Å². The number of carbonyl (C=O) groups is 1. The molecule has 7 heteroatoms. The highest BCUT2D eigenvalue weighted by Crippen LogP contribution is 2.29. The molecular weight excluding hydrogens is 348 g/mol. The number of nitrogens with zero attached hydrogens (tertiary/aromatic N) is 3. The van der Waals surface area contributed by atoms with Crippen LogP contribution in [0.25, 0.3) is 17.1 Å². The summed E-state index contributed by atoms with van der Waals surface area (Å²) in [5.41, 5.74) is 3.01. The Hall–Kier alpha value is -2.80. The van der Waals surface area contributed by atoms with Crippen LogP contribution in [-0.2, 0) is 4.79 Å². The fourth-order valence-electron chi connectivity index (χ4n) is 2.44. The van der Waals surface area contributed by atoms with Crippen LogP contribution in [0.3, 0.4) is 0 Å². The van der Waals surface area contributed by atoms with Gasteiger partial charge in [0.25, 0.3) is 0 Å². The van der Waals surface area contributed by atoms with Crippen LogP contribution in [0.1, 0.15) is 5.56 Å². The summed E-state index contributed by atoms with van der Waals surface area (Å²) >= 11 is 1.35. The fourth-order valence-corrected chi connectivity index (χ4v) is 3.27. The number of aryl methyl sites for hydroxylation is 1. The van der Waals surface area contributed by atoms with Crippen molar-refractivity contribution in [1.82, 2.24) is 20.1 Å². The first kappa shape index (κ1) is 18.0. The van der Waals surface area contributed by atoms with Crippen LogP contribution >= 0.6 is 11.8 Å². The zero-order valence-electron chi connectivity index (χ0n) is 14.9. The van der Waals surface area contributed by atoms with Crippen molar-refractivity contribution >= 4 is 17.7 Å². The fraction of sp³-hybridized carbons (Fsp3) is 0.211. The van der Waals surface area contributed by atoms with Crippen LogP contribution in [0.15, 0.2) is 53.7 Å². The predicted molar refractivity (Wildman–Crippen MR) is 103 cm³/mol. The van der Waals surface area contributed by atoms with Crippen molar-refractivity contribution < 1.29 is 9.53 Å². The molecule has 2 aromatic carbocycles. The number of aromatic nitrogens is 3. The molecule has 1 N–H and O–H groups in total. The highest BCUT2D eigenvalue weighted by molar-refractivity contribution is 7.99. The topological polar surface area (TPSA) is 69.0 Å². The van der Waals surface area contributed by atoms with Crippen molar-refractivity contribution in [2.24, 2.45) is 0 Å². The number of rotatable bonds is 6. The Morgan fingerprint density at radius 2 is 1.96 bits per heavy atom. The van der Waals surface area contributed by atoms with Crippen molar-refractivity contribution in [3.8, 4) is 22.8 Å². The van der Waals surface area contributed by atoms with Crippen molar-refractivity contribution in [1.29, 1.82) is 0 Å². The average Bonchev–Trinajstić information content (AvgIpc) is 3.10. The molecule has 0 unspecified atom stereocenters. The minimum atomic E-state index is -0.0589. The molecule has 26 heavy (non-hydrogen) atoms. The van der Waals surface area contributed by atoms with Gasteiger partial charge in [0.15, 0.2) is 11.0 Å². The number of thioether (sulfide) groups is 1. The van der Waals surface area contributed by atoms with E-state index in [1.165, 1.54) is 17.3 Å². The predicted octanol–water partition coefficient (Wildman–Crippen LogP) is 3.09. The Kier molecular flexibility index (Phi) is 5.58. The number of ether oxygens (including phenoxy) is 1. The summed E-state index contributed by atoms with van der Waals surface area (Å²) in [6.07, 6.45) is 0. The third kappa shape index (κ3) is 3.88. The van der Waals surface area contributed by atoms with Gasteiger partial charge in [0.1, 0.15) is 5.75 Å². The van der Waals surface area contributed by atoms with E-state index in [1.807, 2.05) is 60.0 Å². The third-order valence-corrected chi connectivity index (χ3v) is 4.79. The summed E-state index contributed by atoms with van der Waals surface area (Å²) < 4.78 is 7.28. The lowest BCUT2D eigenvalue weighted by molar-refractivity contribution is -0.118. The zero-order chi connectivity index (χ0) is 18.5. The molecule has 6 nitrogen and oxygen atoms in total. The molecule has 1 heterocycles. The van der Waals surface area contributed by atoms with Crippen molar-refractivity contribution in [3.63, 3.8) is 0 Å². The molecule has 0 saturated carbocycles. The van der Waals surface area contributed by atoms with Crippen LogP contribution in [0.4, 0.5) is 0 Å². The molecule has 0 aliphatic heterocycles. The van der Waals surface area contributed by atoms with Crippen molar-refractivity contribution in [2.75, 3.05) is 19.9 Å².